The van der Waals surface area contributed by atoms with Crippen LogP contribution in [-0.4, -0.2) is 20.1 Å². The number of hydrogen-bond acceptors (Lipinski definition) is 5. The van der Waals surface area contributed by atoms with Gasteiger partial charge in [0, 0.05) is 34.6 Å². The van der Waals surface area contributed by atoms with Gasteiger partial charge in [0.2, 0.25) is 5.95 Å². The summed E-state index contributed by atoms with van der Waals surface area (Å²) in [6.07, 6.45) is 3.82. The van der Waals surface area contributed by atoms with Crippen LogP contribution in [-0.2, 0) is 0 Å². The number of anilines is 2. The molecule has 0 aliphatic heterocycles. The number of aryl methyl sites for hydroxylation is 2. The summed E-state index contributed by atoms with van der Waals surface area (Å²) < 4.78 is 5.33. The van der Waals surface area contributed by atoms with Crippen LogP contribution in [0.5, 0.6) is 0 Å². The van der Waals surface area contributed by atoms with Gasteiger partial charge in [0.05, 0.1) is 5.69 Å². The van der Waals surface area contributed by atoms with Gasteiger partial charge in [-0.3, -0.25) is 0 Å². The molecule has 5 aromatic rings. The minimum absolute atomic E-state index is 0.557. The van der Waals surface area contributed by atoms with E-state index in [4.69, 9.17) is 4.52 Å². The van der Waals surface area contributed by atoms with Crippen LogP contribution in [0, 0.1) is 13.8 Å². The number of H-pyrrole nitrogens is 1. The van der Waals surface area contributed by atoms with Crippen LogP contribution in [0.25, 0.3) is 33.3 Å². The topological polar surface area (TPSA) is 79.6 Å². The molecule has 2 aromatic carbocycles. The lowest BCUT2D eigenvalue weighted by Gasteiger charge is -2.06. The highest BCUT2D eigenvalue weighted by Gasteiger charge is 2.14. The second kappa shape index (κ2) is 6.91. The Morgan fingerprint density at radius 2 is 1.79 bits per heavy atom. The molecule has 0 radical (unpaired) electrons. The fourth-order valence-electron chi connectivity index (χ4n) is 3.59. The van der Waals surface area contributed by atoms with Gasteiger partial charge >= 0.3 is 0 Å². The lowest BCUT2D eigenvalue weighted by Crippen LogP contribution is -1.96. The molecule has 0 saturated heterocycles. The molecule has 0 fully saturated rings. The number of aromatic nitrogens is 4. The summed E-state index contributed by atoms with van der Waals surface area (Å²) in [6.45, 7) is 3.89. The van der Waals surface area contributed by atoms with E-state index in [0.717, 1.165) is 50.4 Å². The highest BCUT2D eigenvalue weighted by molar-refractivity contribution is 5.94. The van der Waals surface area contributed by atoms with Crippen LogP contribution in [0.1, 0.15) is 11.5 Å². The Labute approximate surface area is 167 Å². The fraction of sp³-hybridized carbons (Fsp3) is 0.0870. The Kier molecular flexibility index (Phi) is 4.09. The van der Waals surface area contributed by atoms with Crippen molar-refractivity contribution in [3.63, 3.8) is 0 Å². The van der Waals surface area contributed by atoms with Gasteiger partial charge in [0.1, 0.15) is 11.4 Å². The van der Waals surface area contributed by atoms with Crippen molar-refractivity contribution in [2.24, 2.45) is 0 Å². The van der Waals surface area contributed by atoms with Crippen LogP contribution >= 0.6 is 0 Å². The second-order valence-corrected chi connectivity index (χ2v) is 6.93. The predicted molar refractivity (Wildman–Crippen MR) is 114 cm³/mol. The maximum absolute atomic E-state index is 5.33. The van der Waals surface area contributed by atoms with E-state index in [0.29, 0.717) is 5.95 Å². The third-order valence-corrected chi connectivity index (χ3v) is 4.96. The van der Waals surface area contributed by atoms with E-state index in [2.05, 4.69) is 43.6 Å². The summed E-state index contributed by atoms with van der Waals surface area (Å²) >= 11 is 0. The first-order valence-corrected chi connectivity index (χ1v) is 9.39. The number of nitrogens with one attached hydrogen (secondary N) is 2. The summed E-state index contributed by atoms with van der Waals surface area (Å²) in [6, 6.07) is 18.2. The van der Waals surface area contributed by atoms with Crippen molar-refractivity contribution in [1.29, 1.82) is 0 Å². The summed E-state index contributed by atoms with van der Waals surface area (Å²) in [5.41, 5.74) is 6.88. The molecule has 0 unspecified atom stereocenters. The molecule has 0 bridgehead atoms. The zero-order chi connectivity index (χ0) is 19.8. The van der Waals surface area contributed by atoms with E-state index in [-0.39, 0.29) is 0 Å². The van der Waals surface area contributed by atoms with Gasteiger partial charge in [-0.2, -0.15) is 4.98 Å². The van der Waals surface area contributed by atoms with Crippen LogP contribution in [0.2, 0.25) is 0 Å². The number of fused-ring (bicyclic) bond motifs is 1. The standard InChI is InChI=1S/C23H19N5O/c1-14-21(15(2)29-28-14)17-8-6-7-16(11-17)19-12-24-22-20(19)13-25-23(27-22)26-18-9-4-3-5-10-18/h3-13H,1-2H3,(H2,24,25,26,27). The summed E-state index contributed by atoms with van der Waals surface area (Å²) in [7, 11) is 0. The lowest BCUT2D eigenvalue weighted by atomic mass is 9.98. The predicted octanol–water partition coefficient (Wildman–Crippen LogP) is 5.64. The van der Waals surface area contributed by atoms with Crippen molar-refractivity contribution in [2.75, 3.05) is 5.32 Å². The quantitative estimate of drug-likeness (QED) is 0.421. The Hall–Kier alpha value is -3.93. The fourth-order valence-corrected chi connectivity index (χ4v) is 3.59. The second-order valence-electron chi connectivity index (χ2n) is 6.93. The van der Waals surface area contributed by atoms with E-state index < -0.39 is 0 Å². The van der Waals surface area contributed by atoms with Crippen LogP contribution in [0.4, 0.5) is 11.6 Å². The van der Waals surface area contributed by atoms with Gasteiger partial charge in [-0.05, 0) is 43.2 Å². The van der Waals surface area contributed by atoms with Crippen LogP contribution in [0.15, 0.2) is 71.5 Å². The molecule has 3 heterocycles. The Bertz CT molecular complexity index is 1280. The van der Waals surface area contributed by atoms with Gasteiger partial charge in [-0.15, -0.1) is 0 Å². The molecular weight excluding hydrogens is 362 g/mol. The number of aromatic amines is 1. The molecule has 0 spiro atoms. The highest BCUT2D eigenvalue weighted by atomic mass is 16.5. The highest BCUT2D eigenvalue weighted by Crippen LogP contribution is 2.33. The lowest BCUT2D eigenvalue weighted by molar-refractivity contribution is 0.393. The van der Waals surface area contributed by atoms with Gasteiger partial charge in [0.25, 0.3) is 0 Å². The Morgan fingerprint density at radius 1 is 0.966 bits per heavy atom. The number of hydrogen-bond donors (Lipinski definition) is 2. The first kappa shape index (κ1) is 17.2. The van der Waals surface area contributed by atoms with Crippen LogP contribution in [0.3, 0.4) is 0 Å². The first-order chi connectivity index (χ1) is 14.2. The molecular formula is C23H19N5O. The normalized spacial score (nSPS) is 11.1. The maximum Gasteiger partial charge on any atom is 0.229 e. The monoisotopic (exact) mass is 381 g/mol. The zero-order valence-corrected chi connectivity index (χ0v) is 16.1. The number of benzene rings is 2. The summed E-state index contributed by atoms with van der Waals surface area (Å²) in [4.78, 5) is 12.4. The van der Waals surface area contributed by atoms with Gasteiger partial charge in [-0.25, -0.2) is 4.98 Å². The van der Waals surface area contributed by atoms with E-state index in [1.807, 2.05) is 62.6 Å². The van der Waals surface area contributed by atoms with Crippen molar-refractivity contribution in [3.8, 4) is 22.3 Å². The smallest absolute Gasteiger partial charge is 0.229 e. The average Bonchev–Trinajstić information content (AvgIpc) is 3.31. The van der Waals surface area contributed by atoms with Gasteiger partial charge in [-0.1, -0.05) is 41.6 Å². The van der Waals surface area contributed by atoms with Crippen molar-refractivity contribution in [2.45, 2.75) is 13.8 Å². The number of nitrogens with zero attached hydrogens (tertiary/aromatic N) is 3. The van der Waals surface area contributed by atoms with Crippen molar-refractivity contribution in [1.82, 2.24) is 20.1 Å². The molecule has 0 saturated carbocycles. The Morgan fingerprint density at radius 3 is 2.59 bits per heavy atom. The van der Waals surface area contributed by atoms with E-state index in [1.165, 1.54) is 0 Å². The molecule has 142 valence electrons. The molecule has 6 nitrogen and oxygen atoms in total. The first-order valence-electron chi connectivity index (χ1n) is 9.39. The molecule has 29 heavy (non-hydrogen) atoms. The molecule has 0 atom stereocenters. The Balaban J connectivity index is 1.52. The molecule has 5 rings (SSSR count). The maximum atomic E-state index is 5.33. The van der Waals surface area contributed by atoms with Crippen LogP contribution < -0.4 is 5.32 Å². The van der Waals surface area contributed by atoms with Crippen molar-refractivity contribution >= 4 is 22.7 Å². The summed E-state index contributed by atoms with van der Waals surface area (Å²) in [5.74, 6) is 1.38. The third kappa shape index (κ3) is 3.14. The molecule has 2 N–H and O–H groups in total. The number of para-hydroxylation sites is 1. The average molecular weight is 381 g/mol. The molecule has 6 heteroatoms. The van der Waals surface area contributed by atoms with E-state index in [1.54, 1.807) is 0 Å². The summed E-state index contributed by atoms with van der Waals surface area (Å²) in [5, 5.41) is 8.27. The minimum atomic E-state index is 0.557. The molecule has 3 aromatic heterocycles. The van der Waals surface area contributed by atoms with Gasteiger partial charge < -0.3 is 14.8 Å². The van der Waals surface area contributed by atoms with Crippen molar-refractivity contribution < 1.29 is 4.52 Å². The van der Waals surface area contributed by atoms with E-state index >= 15 is 0 Å². The van der Waals surface area contributed by atoms with E-state index in [9.17, 15) is 0 Å². The third-order valence-electron chi connectivity index (χ3n) is 4.96. The van der Waals surface area contributed by atoms with Gasteiger partial charge in [0.15, 0.2) is 0 Å². The largest absolute Gasteiger partial charge is 0.361 e. The van der Waals surface area contributed by atoms with Crippen molar-refractivity contribution in [3.05, 3.63) is 78.4 Å². The molecule has 0 aliphatic carbocycles. The zero-order valence-electron chi connectivity index (χ0n) is 16.1. The minimum Gasteiger partial charge on any atom is -0.361 e. The molecule has 0 aliphatic rings. The number of rotatable bonds is 4. The molecule has 0 amide bonds. The SMILES string of the molecule is Cc1noc(C)c1-c1cccc(-c2c[nH]c3nc(Nc4ccccc4)ncc23)c1.